The zero-order valence-electron chi connectivity index (χ0n) is 13.7. The van der Waals surface area contributed by atoms with Gasteiger partial charge in [-0.2, -0.15) is 0 Å². The van der Waals surface area contributed by atoms with E-state index in [1.54, 1.807) is 23.1 Å². The smallest absolute Gasteiger partial charge is 0.190 e. The molecule has 3 rings (SSSR count). The second-order valence-electron chi connectivity index (χ2n) is 6.23. The first kappa shape index (κ1) is 17.0. The van der Waals surface area contributed by atoms with Crippen molar-refractivity contribution in [3.63, 3.8) is 0 Å². The van der Waals surface area contributed by atoms with Crippen LogP contribution >= 0.6 is 23.1 Å². The van der Waals surface area contributed by atoms with Crippen LogP contribution in [0, 0.1) is 5.92 Å². The van der Waals surface area contributed by atoms with Gasteiger partial charge in [-0.1, -0.05) is 25.6 Å². The molecule has 1 saturated heterocycles. The van der Waals surface area contributed by atoms with Crippen LogP contribution < -0.4 is 5.73 Å². The lowest BCUT2D eigenvalue weighted by molar-refractivity contribution is 0.0410. The molecule has 0 aromatic carbocycles. The third kappa shape index (κ3) is 4.35. The van der Waals surface area contributed by atoms with Gasteiger partial charge in [0, 0.05) is 25.4 Å². The molecule has 2 N–H and O–H groups in total. The number of thiophene rings is 1. The lowest BCUT2D eigenvalue weighted by atomic mass is 10.0. The Morgan fingerprint density at radius 1 is 1.35 bits per heavy atom. The molecule has 0 amide bonds. The Bertz CT molecular complexity index is 653. The fourth-order valence-electron chi connectivity index (χ4n) is 2.75. The second-order valence-corrected chi connectivity index (χ2v) is 8.15. The standard InChI is InChI=1S/C16H24N4OS2/c1-11(2)9-12-10-23-15-13(12)14(17)18-16(19-15)22-8-5-20-3-6-21-7-4-20/h10-11H,3-9H2,1-2H3,(H2,17,18,19). The Morgan fingerprint density at radius 2 is 2.13 bits per heavy atom. The van der Waals surface area contributed by atoms with Gasteiger partial charge in [0.05, 0.1) is 18.6 Å². The van der Waals surface area contributed by atoms with Gasteiger partial charge in [0.1, 0.15) is 10.6 Å². The van der Waals surface area contributed by atoms with Crippen molar-refractivity contribution in [1.29, 1.82) is 0 Å². The Balaban J connectivity index is 1.65. The summed E-state index contributed by atoms with van der Waals surface area (Å²) in [4.78, 5) is 12.6. The average Bonchev–Trinajstić information content (AvgIpc) is 2.91. The van der Waals surface area contributed by atoms with E-state index in [9.17, 15) is 0 Å². The maximum absolute atomic E-state index is 6.21. The monoisotopic (exact) mass is 352 g/mol. The van der Waals surface area contributed by atoms with Gasteiger partial charge in [-0.3, -0.25) is 4.90 Å². The number of fused-ring (bicyclic) bond motifs is 1. The van der Waals surface area contributed by atoms with Crippen molar-refractivity contribution in [3.05, 3.63) is 10.9 Å². The molecule has 1 aliphatic rings. The third-order valence-corrected chi connectivity index (χ3v) is 5.64. The quantitative estimate of drug-likeness (QED) is 0.637. The first-order valence-electron chi connectivity index (χ1n) is 8.10. The summed E-state index contributed by atoms with van der Waals surface area (Å²) in [5, 5.41) is 4.03. The lowest BCUT2D eigenvalue weighted by Crippen LogP contribution is -2.37. The van der Waals surface area contributed by atoms with Crippen LogP contribution in [0.1, 0.15) is 19.4 Å². The molecule has 23 heavy (non-hydrogen) atoms. The SMILES string of the molecule is CC(C)Cc1csc2nc(SCCN3CCOCC3)nc(N)c12. The molecule has 5 nitrogen and oxygen atoms in total. The summed E-state index contributed by atoms with van der Waals surface area (Å²) in [6, 6.07) is 0. The molecular weight excluding hydrogens is 328 g/mol. The summed E-state index contributed by atoms with van der Waals surface area (Å²) in [6.45, 7) is 9.20. The first-order valence-corrected chi connectivity index (χ1v) is 9.96. The number of rotatable bonds is 6. The molecule has 1 fully saturated rings. The summed E-state index contributed by atoms with van der Waals surface area (Å²) in [7, 11) is 0. The van der Waals surface area contributed by atoms with E-state index < -0.39 is 0 Å². The predicted octanol–water partition coefficient (Wildman–Crippen LogP) is 2.90. The van der Waals surface area contributed by atoms with E-state index in [4.69, 9.17) is 15.5 Å². The van der Waals surface area contributed by atoms with Crippen molar-refractivity contribution in [2.24, 2.45) is 5.92 Å². The zero-order chi connectivity index (χ0) is 16.2. The number of aromatic nitrogens is 2. The largest absolute Gasteiger partial charge is 0.383 e. The first-order chi connectivity index (χ1) is 11.1. The molecule has 0 radical (unpaired) electrons. The Morgan fingerprint density at radius 3 is 2.87 bits per heavy atom. The minimum atomic E-state index is 0.606. The fraction of sp³-hybridized carbons (Fsp3) is 0.625. The Kier molecular flexibility index (Phi) is 5.74. The summed E-state index contributed by atoms with van der Waals surface area (Å²) in [6.07, 6.45) is 1.02. The molecule has 1 aliphatic heterocycles. The number of nitrogens with zero attached hydrogens (tertiary/aromatic N) is 3. The lowest BCUT2D eigenvalue weighted by Gasteiger charge is -2.26. The van der Waals surface area contributed by atoms with Crippen molar-refractivity contribution in [2.75, 3.05) is 44.3 Å². The van der Waals surface area contributed by atoms with Crippen LogP contribution in [0.3, 0.4) is 0 Å². The maximum Gasteiger partial charge on any atom is 0.190 e. The number of morpholine rings is 1. The summed E-state index contributed by atoms with van der Waals surface area (Å²) in [5.41, 5.74) is 7.49. The number of nitrogens with two attached hydrogens (primary N) is 1. The molecule has 7 heteroatoms. The van der Waals surface area contributed by atoms with Gasteiger partial charge in [-0.15, -0.1) is 11.3 Å². The third-order valence-electron chi connectivity index (χ3n) is 3.89. The number of hydrogen-bond acceptors (Lipinski definition) is 7. The zero-order valence-corrected chi connectivity index (χ0v) is 15.4. The van der Waals surface area contributed by atoms with Crippen LogP contribution in [-0.2, 0) is 11.2 Å². The maximum atomic E-state index is 6.21. The predicted molar refractivity (Wildman–Crippen MR) is 98.4 cm³/mol. The summed E-state index contributed by atoms with van der Waals surface area (Å²) < 4.78 is 5.37. The molecule has 0 saturated carbocycles. The van der Waals surface area contributed by atoms with E-state index in [0.717, 1.165) is 60.4 Å². The fourth-order valence-corrected chi connectivity index (χ4v) is 4.62. The van der Waals surface area contributed by atoms with Crippen LogP contribution in [0.2, 0.25) is 0 Å². The average molecular weight is 353 g/mol. The normalized spacial score (nSPS) is 16.5. The van der Waals surface area contributed by atoms with Crippen LogP contribution in [0.25, 0.3) is 10.2 Å². The van der Waals surface area contributed by atoms with Crippen molar-refractivity contribution in [1.82, 2.24) is 14.9 Å². The molecule has 0 atom stereocenters. The summed E-state index contributed by atoms with van der Waals surface area (Å²) in [5.74, 6) is 2.21. The number of hydrogen-bond donors (Lipinski definition) is 1. The molecule has 0 spiro atoms. The molecule has 126 valence electrons. The second kappa shape index (κ2) is 7.79. The van der Waals surface area contributed by atoms with E-state index in [0.29, 0.717) is 11.7 Å². The highest BCUT2D eigenvalue weighted by Gasteiger charge is 2.14. The van der Waals surface area contributed by atoms with Crippen molar-refractivity contribution in [2.45, 2.75) is 25.4 Å². The van der Waals surface area contributed by atoms with Gasteiger partial charge >= 0.3 is 0 Å². The molecule has 0 aliphatic carbocycles. The van der Waals surface area contributed by atoms with Gasteiger partial charge in [0.15, 0.2) is 5.16 Å². The van der Waals surface area contributed by atoms with Gasteiger partial charge in [-0.05, 0) is 23.3 Å². The molecule has 0 bridgehead atoms. The van der Waals surface area contributed by atoms with Gasteiger partial charge in [-0.25, -0.2) is 9.97 Å². The van der Waals surface area contributed by atoms with Crippen LogP contribution in [-0.4, -0.2) is 53.5 Å². The van der Waals surface area contributed by atoms with Crippen LogP contribution in [0.15, 0.2) is 10.5 Å². The number of ether oxygens (including phenoxy) is 1. The van der Waals surface area contributed by atoms with E-state index >= 15 is 0 Å². The Hall–Kier alpha value is -0.890. The van der Waals surface area contributed by atoms with Crippen LogP contribution in [0.4, 0.5) is 5.82 Å². The van der Waals surface area contributed by atoms with Crippen molar-refractivity contribution in [3.8, 4) is 0 Å². The van der Waals surface area contributed by atoms with Crippen molar-refractivity contribution >= 4 is 39.1 Å². The van der Waals surface area contributed by atoms with E-state index in [1.807, 2.05) is 0 Å². The highest BCUT2D eigenvalue weighted by Crippen LogP contribution is 2.31. The van der Waals surface area contributed by atoms with E-state index in [-0.39, 0.29) is 0 Å². The van der Waals surface area contributed by atoms with E-state index in [1.165, 1.54) is 5.56 Å². The minimum absolute atomic E-state index is 0.606. The number of anilines is 1. The van der Waals surface area contributed by atoms with E-state index in [2.05, 4.69) is 29.1 Å². The molecular formula is C16H24N4OS2. The van der Waals surface area contributed by atoms with Gasteiger partial charge in [0.2, 0.25) is 0 Å². The molecule has 2 aromatic rings. The van der Waals surface area contributed by atoms with Crippen molar-refractivity contribution < 1.29 is 4.74 Å². The highest BCUT2D eigenvalue weighted by atomic mass is 32.2. The van der Waals surface area contributed by atoms with Gasteiger partial charge in [0.25, 0.3) is 0 Å². The Labute approximate surface area is 145 Å². The molecule has 0 unspecified atom stereocenters. The number of nitrogen functional groups attached to an aromatic ring is 1. The summed E-state index contributed by atoms with van der Waals surface area (Å²) >= 11 is 3.36. The molecule has 3 heterocycles. The van der Waals surface area contributed by atoms with Crippen LogP contribution in [0.5, 0.6) is 0 Å². The van der Waals surface area contributed by atoms with Gasteiger partial charge < -0.3 is 10.5 Å². The topological polar surface area (TPSA) is 64.3 Å². The number of thioether (sulfide) groups is 1. The molecule has 2 aromatic heterocycles. The highest BCUT2D eigenvalue weighted by molar-refractivity contribution is 7.99. The minimum Gasteiger partial charge on any atom is -0.383 e.